The molecule has 11 heteroatoms. The minimum Gasteiger partial charge on any atom is -0.385 e. The SMILES string of the molecule is O=C(CNC(=O)c1cccc(C(F)(F)F)c1)N[C@@H]1CCN(C2CCC(O)(c3ccc(-c4cnc[nH]4)cc3)CC2)C1. The summed E-state index contributed by atoms with van der Waals surface area (Å²) < 4.78 is 38.7. The van der Waals surface area contributed by atoms with Crippen molar-refractivity contribution in [1.82, 2.24) is 25.5 Å². The molecule has 1 saturated carbocycles. The second-order valence-corrected chi connectivity index (χ2v) is 10.6. The van der Waals surface area contributed by atoms with Crippen molar-refractivity contribution in [1.29, 1.82) is 0 Å². The van der Waals surface area contributed by atoms with Gasteiger partial charge in [-0.05, 0) is 61.4 Å². The third-order valence-electron chi connectivity index (χ3n) is 7.98. The number of carbonyl (C=O) groups excluding carboxylic acids is 2. The number of amides is 2. The van der Waals surface area contributed by atoms with Crippen molar-refractivity contribution >= 4 is 11.8 Å². The fourth-order valence-corrected chi connectivity index (χ4v) is 5.72. The molecule has 212 valence electrons. The molecule has 0 spiro atoms. The molecule has 1 saturated heterocycles. The Morgan fingerprint density at radius 1 is 1.10 bits per heavy atom. The number of nitrogens with zero attached hydrogens (tertiary/aromatic N) is 2. The monoisotopic (exact) mass is 555 g/mol. The molecule has 1 atom stereocenters. The highest BCUT2D eigenvalue weighted by Gasteiger charge is 2.38. The molecule has 0 radical (unpaired) electrons. The van der Waals surface area contributed by atoms with Gasteiger partial charge in [0.15, 0.2) is 0 Å². The number of imidazole rings is 1. The van der Waals surface area contributed by atoms with E-state index in [1.807, 2.05) is 24.3 Å². The summed E-state index contributed by atoms with van der Waals surface area (Å²) in [5.41, 5.74) is 0.914. The van der Waals surface area contributed by atoms with Gasteiger partial charge in [0.25, 0.3) is 5.91 Å². The van der Waals surface area contributed by atoms with Gasteiger partial charge >= 0.3 is 6.18 Å². The Morgan fingerprint density at radius 2 is 1.85 bits per heavy atom. The smallest absolute Gasteiger partial charge is 0.385 e. The molecule has 2 amide bonds. The van der Waals surface area contributed by atoms with E-state index < -0.39 is 23.2 Å². The molecule has 0 bridgehead atoms. The first-order valence-corrected chi connectivity index (χ1v) is 13.4. The van der Waals surface area contributed by atoms with E-state index in [9.17, 15) is 27.9 Å². The Bertz CT molecular complexity index is 1320. The van der Waals surface area contributed by atoms with Crippen molar-refractivity contribution < 1.29 is 27.9 Å². The molecule has 3 aromatic rings. The molecule has 2 fully saturated rings. The van der Waals surface area contributed by atoms with Gasteiger partial charge in [-0.1, -0.05) is 30.3 Å². The lowest BCUT2D eigenvalue weighted by molar-refractivity contribution is -0.137. The zero-order valence-electron chi connectivity index (χ0n) is 21.9. The van der Waals surface area contributed by atoms with Crippen LogP contribution in [0.3, 0.4) is 0 Å². The summed E-state index contributed by atoms with van der Waals surface area (Å²) in [4.78, 5) is 34.1. The number of benzene rings is 2. The lowest BCUT2D eigenvalue weighted by Gasteiger charge is -2.40. The van der Waals surface area contributed by atoms with Crippen LogP contribution >= 0.6 is 0 Å². The minimum absolute atomic E-state index is 0.0752. The number of H-pyrrole nitrogens is 1. The third-order valence-corrected chi connectivity index (χ3v) is 7.98. The second-order valence-electron chi connectivity index (χ2n) is 10.6. The number of aromatic nitrogens is 2. The third kappa shape index (κ3) is 6.37. The maximum atomic E-state index is 12.9. The number of halogens is 3. The van der Waals surface area contributed by atoms with Gasteiger partial charge in [0, 0.05) is 30.7 Å². The largest absolute Gasteiger partial charge is 0.416 e. The van der Waals surface area contributed by atoms with Crippen molar-refractivity contribution in [2.45, 2.75) is 56.0 Å². The summed E-state index contributed by atoms with van der Waals surface area (Å²) in [6.07, 6.45) is 2.59. The predicted octanol–water partition coefficient (Wildman–Crippen LogP) is 3.85. The van der Waals surface area contributed by atoms with Gasteiger partial charge in [0.2, 0.25) is 5.91 Å². The van der Waals surface area contributed by atoms with Crippen LogP contribution in [0.25, 0.3) is 11.3 Å². The van der Waals surface area contributed by atoms with Crippen LogP contribution in [0.15, 0.2) is 61.1 Å². The maximum Gasteiger partial charge on any atom is 0.416 e. The topological polar surface area (TPSA) is 110 Å². The van der Waals surface area contributed by atoms with E-state index in [1.54, 1.807) is 12.5 Å². The van der Waals surface area contributed by atoms with Crippen LogP contribution in [0.2, 0.25) is 0 Å². The predicted molar refractivity (Wildman–Crippen MR) is 142 cm³/mol. The Kier molecular flexibility index (Phi) is 7.95. The van der Waals surface area contributed by atoms with E-state index in [0.29, 0.717) is 25.4 Å². The highest BCUT2D eigenvalue weighted by molar-refractivity contribution is 5.96. The highest BCUT2D eigenvalue weighted by atomic mass is 19.4. The average molecular weight is 556 g/mol. The van der Waals surface area contributed by atoms with Crippen LogP contribution in [-0.4, -0.2) is 63.5 Å². The van der Waals surface area contributed by atoms with E-state index in [4.69, 9.17) is 0 Å². The number of hydrogen-bond acceptors (Lipinski definition) is 5. The normalized spacial score (nSPS) is 23.6. The Balaban J connectivity index is 1.06. The molecule has 1 aliphatic heterocycles. The summed E-state index contributed by atoms with van der Waals surface area (Å²) in [6.45, 7) is 1.18. The van der Waals surface area contributed by atoms with Crippen molar-refractivity contribution in [2.75, 3.05) is 19.6 Å². The number of aliphatic hydroxyl groups is 1. The van der Waals surface area contributed by atoms with Crippen LogP contribution in [0.1, 0.15) is 53.6 Å². The number of hydrogen-bond donors (Lipinski definition) is 4. The van der Waals surface area contributed by atoms with Gasteiger partial charge < -0.3 is 20.7 Å². The van der Waals surface area contributed by atoms with E-state index in [-0.39, 0.29) is 24.1 Å². The Labute approximate surface area is 230 Å². The van der Waals surface area contributed by atoms with Crippen molar-refractivity contribution in [2.24, 2.45) is 0 Å². The molecular weight excluding hydrogens is 523 g/mol. The van der Waals surface area contributed by atoms with Crippen molar-refractivity contribution in [3.63, 3.8) is 0 Å². The molecule has 40 heavy (non-hydrogen) atoms. The van der Waals surface area contributed by atoms with Crippen LogP contribution in [0.4, 0.5) is 13.2 Å². The second kappa shape index (κ2) is 11.4. The number of rotatable bonds is 7. The van der Waals surface area contributed by atoms with Gasteiger partial charge in [-0.15, -0.1) is 0 Å². The van der Waals surface area contributed by atoms with Gasteiger partial charge in [-0.25, -0.2) is 4.98 Å². The minimum atomic E-state index is -4.55. The number of aromatic amines is 1. The molecule has 1 aliphatic carbocycles. The van der Waals surface area contributed by atoms with E-state index >= 15 is 0 Å². The molecule has 2 heterocycles. The molecule has 2 aromatic carbocycles. The number of likely N-dealkylation sites (tertiary alicyclic amines) is 1. The quantitative estimate of drug-likeness (QED) is 0.354. The maximum absolute atomic E-state index is 12.9. The Morgan fingerprint density at radius 3 is 2.52 bits per heavy atom. The van der Waals surface area contributed by atoms with Crippen LogP contribution in [-0.2, 0) is 16.6 Å². The summed E-state index contributed by atoms with van der Waals surface area (Å²) in [7, 11) is 0. The first-order valence-electron chi connectivity index (χ1n) is 13.4. The molecule has 2 aliphatic rings. The fraction of sp³-hybridized carbons (Fsp3) is 0.414. The molecule has 4 N–H and O–H groups in total. The van der Waals surface area contributed by atoms with Crippen LogP contribution in [0.5, 0.6) is 0 Å². The number of nitrogens with one attached hydrogen (secondary N) is 3. The molecule has 0 unspecified atom stereocenters. The van der Waals surface area contributed by atoms with Gasteiger partial charge in [0.05, 0.1) is 35.9 Å². The molecule has 5 rings (SSSR count). The summed E-state index contributed by atoms with van der Waals surface area (Å²) in [5, 5.41) is 16.7. The van der Waals surface area contributed by atoms with Crippen LogP contribution < -0.4 is 10.6 Å². The number of carbonyl (C=O) groups is 2. The van der Waals surface area contributed by atoms with Gasteiger partial charge in [0.1, 0.15) is 0 Å². The fourth-order valence-electron chi connectivity index (χ4n) is 5.72. The molecule has 8 nitrogen and oxygen atoms in total. The summed E-state index contributed by atoms with van der Waals surface area (Å²) >= 11 is 0. The lowest BCUT2D eigenvalue weighted by Crippen LogP contribution is -2.45. The van der Waals surface area contributed by atoms with E-state index in [0.717, 1.165) is 60.8 Å². The van der Waals surface area contributed by atoms with E-state index in [1.165, 1.54) is 6.07 Å². The Hall–Kier alpha value is -3.70. The molecule has 1 aromatic heterocycles. The molecular formula is C29H32F3N5O3. The highest BCUT2D eigenvalue weighted by Crippen LogP contribution is 2.39. The lowest BCUT2D eigenvalue weighted by atomic mass is 9.77. The van der Waals surface area contributed by atoms with Crippen molar-refractivity contribution in [3.05, 3.63) is 77.7 Å². The van der Waals surface area contributed by atoms with Crippen LogP contribution in [0, 0.1) is 0 Å². The first-order chi connectivity index (χ1) is 19.1. The first kappa shape index (κ1) is 27.9. The zero-order chi connectivity index (χ0) is 28.3. The van der Waals surface area contributed by atoms with Gasteiger partial charge in [-0.3, -0.25) is 14.5 Å². The van der Waals surface area contributed by atoms with E-state index in [2.05, 4.69) is 25.5 Å². The van der Waals surface area contributed by atoms with Crippen molar-refractivity contribution in [3.8, 4) is 11.3 Å². The summed E-state index contributed by atoms with van der Waals surface area (Å²) in [5.74, 6) is -1.12. The zero-order valence-corrected chi connectivity index (χ0v) is 21.9. The summed E-state index contributed by atoms with van der Waals surface area (Å²) in [6, 6.07) is 12.3. The standard InChI is InChI=1S/C29H32F3N5O3/c30-29(31,32)22-3-1-2-20(14-22)27(39)34-16-26(38)36-23-10-13-37(17-23)24-8-11-28(40,12-9-24)21-6-4-19(5-7-21)25-15-33-18-35-25/h1-7,14-15,18,23-24,40H,8-13,16-17H2,(H,33,35)(H,34,39)(H,36,38)/t23-,24?,28?/m1/s1. The van der Waals surface area contributed by atoms with Gasteiger partial charge in [-0.2, -0.15) is 13.2 Å². The average Bonchev–Trinajstić information content (AvgIpc) is 3.65. The number of alkyl halides is 3.